The molecule has 0 bridgehead atoms. The predicted molar refractivity (Wildman–Crippen MR) is 113 cm³/mol. The maximum Gasteiger partial charge on any atom is 0.295 e. The highest BCUT2D eigenvalue weighted by Gasteiger charge is 2.48. The topological polar surface area (TPSA) is 57.6 Å². The van der Waals surface area contributed by atoms with Crippen molar-refractivity contribution in [3.63, 3.8) is 0 Å². The number of hydrogen-bond donors (Lipinski definition) is 1. The van der Waals surface area contributed by atoms with Crippen molar-refractivity contribution in [1.29, 1.82) is 0 Å². The second-order valence-corrected chi connectivity index (χ2v) is 8.10. The Morgan fingerprint density at radius 1 is 1.00 bits per heavy atom. The molecule has 1 amide bonds. The minimum atomic E-state index is -0.709. The standard InChI is InChI=1S/C25H26FNO3/c1-2-16-8-10-18(11-9-16)23(28)21-22(17-12-14-19(26)15-13-17)27(25(30)24(21)29)20-6-4-3-5-7-20/h8-15,20,22,28H,2-7H2,1H3/b23-21-. The number of carbonyl (C=O) groups is 2. The van der Waals surface area contributed by atoms with Gasteiger partial charge in [-0.05, 0) is 42.5 Å². The molecule has 4 rings (SSSR count). The van der Waals surface area contributed by atoms with E-state index in [1.165, 1.54) is 12.1 Å². The lowest BCUT2D eigenvalue weighted by molar-refractivity contribution is -0.141. The first-order chi connectivity index (χ1) is 14.5. The molecule has 0 aromatic heterocycles. The Morgan fingerprint density at radius 3 is 2.23 bits per heavy atom. The van der Waals surface area contributed by atoms with Gasteiger partial charge < -0.3 is 10.0 Å². The van der Waals surface area contributed by atoms with Gasteiger partial charge in [0, 0.05) is 11.6 Å². The monoisotopic (exact) mass is 407 g/mol. The van der Waals surface area contributed by atoms with Crippen LogP contribution in [0.1, 0.15) is 61.8 Å². The maximum atomic E-state index is 13.6. The third-order valence-corrected chi connectivity index (χ3v) is 6.27. The van der Waals surface area contributed by atoms with Crippen LogP contribution in [0.15, 0.2) is 54.1 Å². The first kappa shape index (κ1) is 20.3. The molecule has 1 N–H and O–H groups in total. The largest absolute Gasteiger partial charge is 0.507 e. The minimum absolute atomic E-state index is 0.0574. The first-order valence-corrected chi connectivity index (χ1v) is 10.7. The number of carbonyl (C=O) groups excluding carboxylic acids is 2. The highest BCUT2D eigenvalue weighted by Crippen LogP contribution is 2.43. The number of hydrogen-bond acceptors (Lipinski definition) is 3. The van der Waals surface area contributed by atoms with Crippen LogP contribution in [0, 0.1) is 5.82 Å². The summed E-state index contributed by atoms with van der Waals surface area (Å²) in [5.74, 6) is -1.82. The van der Waals surface area contributed by atoms with Crippen LogP contribution >= 0.6 is 0 Å². The lowest BCUT2D eigenvalue weighted by Gasteiger charge is -2.35. The lowest BCUT2D eigenvalue weighted by Crippen LogP contribution is -2.40. The van der Waals surface area contributed by atoms with Crippen molar-refractivity contribution in [2.45, 2.75) is 57.5 Å². The molecule has 1 atom stereocenters. The summed E-state index contributed by atoms with van der Waals surface area (Å²) < 4.78 is 13.6. The summed E-state index contributed by atoms with van der Waals surface area (Å²) in [6.45, 7) is 2.04. The zero-order valence-electron chi connectivity index (χ0n) is 17.1. The highest BCUT2D eigenvalue weighted by atomic mass is 19.1. The maximum absolute atomic E-state index is 13.6. The number of amides is 1. The molecule has 2 aromatic rings. The Bertz CT molecular complexity index is 972. The number of likely N-dealkylation sites (tertiary alicyclic amines) is 1. The third kappa shape index (κ3) is 3.64. The fourth-order valence-corrected chi connectivity index (χ4v) is 4.61. The van der Waals surface area contributed by atoms with E-state index in [0.717, 1.165) is 44.1 Å². The van der Waals surface area contributed by atoms with Crippen LogP contribution in [0.5, 0.6) is 0 Å². The Kier molecular flexibility index (Phi) is 5.71. The number of aliphatic hydroxyl groups is 1. The van der Waals surface area contributed by atoms with E-state index in [-0.39, 0.29) is 23.2 Å². The van der Waals surface area contributed by atoms with Crippen molar-refractivity contribution in [3.05, 3.63) is 76.6 Å². The fourth-order valence-electron chi connectivity index (χ4n) is 4.61. The van der Waals surface area contributed by atoms with Crippen molar-refractivity contribution < 1.29 is 19.1 Å². The molecule has 4 nitrogen and oxygen atoms in total. The zero-order valence-corrected chi connectivity index (χ0v) is 17.1. The number of aliphatic hydroxyl groups excluding tert-OH is 1. The van der Waals surface area contributed by atoms with Crippen molar-refractivity contribution in [2.75, 3.05) is 0 Å². The van der Waals surface area contributed by atoms with E-state index in [9.17, 15) is 19.1 Å². The first-order valence-electron chi connectivity index (χ1n) is 10.7. The molecule has 2 aromatic carbocycles. The van der Waals surface area contributed by atoms with Crippen LogP contribution in [-0.2, 0) is 16.0 Å². The number of halogens is 1. The Morgan fingerprint density at radius 2 is 1.63 bits per heavy atom. The van der Waals surface area contributed by atoms with Gasteiger partial charge in [-0.1, -0.05) is 62.6 Å². The summed E-state index contributed by atoms with van der Waals surface area (Å²) in [6.07, 6.45) is 5.64. The summed E-state index contributed by atoms with van der Waals surface area (Å²) in [4.78, 5) is 27.7. The van der Waals surface area contributed by atoms with Crippen LogP contribution < -0.4 is 0 Å². The van der Waals surface area contributed by atoms with Gasteiger partial charge in [0.25, 0.3) is 11.7 Å². The van der Waals surface area contributed by atoms with E-state index >= 15 is 0 Å². The van der Waals surface area contributed by atoms with Crippen molar-refractivity contribution in [3.8, 4) is 0 Å². The summed E-state index contributed by atoms with van der Waals surface area (Å²) in [7, 11) is 0. The van der Waals surface area contributed by atoms with Crippen LogP contribution in [0.25, 0.3) is 5.76 Å². The van der Waals surface area contributed by atoms with Gasteiger partial charge in [0.15, 0.2) is 0 Å². The van der Waals surface area contributed by atoms with Gasteiger partial charge in [-0.2, -0.15) is 0 Å². The summed E-state index contributed by atoms with van der Waals surface area (Å²) in [5.41, 5.74) is 2.33. The minimum Gasteiger partial charge on any atom is -0.507 e. The Balaban J connectivity index is 1.84. The SMILES string of the molecule is CCc1ccc(/C(O)=C2/C(=O)C(=O)N(C3CCCCC3)C2c2ccc(F)cc2)cc1. The van der Waals surface area contributed by atoms with Crippen LogP contribution in [0.4, 0.5) is 4.39 Å². The van der Waals surface area contributed by atoms with E-state index in [1.807, 2.05) is 19.1 Å². The summed E-state index contributed by atoms with van der Waals surface area (Å²) in [6, 6.07) is 12.4. The van der Waals surface area contributed by atoms with E-state index < -0.39 is 17.7 Å². The molecule has 1 aliphatic carbocycles. The van der Waals surface area contributed by atoms with Crippen LogP contribution in [0.2, 0.25) is 0 Å². The number of benzene rings is 2. The van der Waals surface area contributed by atoms with Crippen molar-refractivity contribution >= 4 is 17.4 Å². The number of aryl methyl sites for hydroxylation is 1. The van der Waals surface area contributed by atoms with Gasteiger partial charge in [-0.25, -0.2) is 4.39 Å². The van der Waals surface area contributed by atoms with Gasteiger partial charge in [0.2, 0.25) is 0 Å². The molecule has 0 radical (unpaired) electrons. The molecule has 0 spiro atoms. The lowest BCUT2D eigenvalue weighted by atomic mass is 9.91. The Labute approximate surface area is 176 Å². The van der Waals surface area contributed by atoms with Gasteiger partial charge in [0.05, 0.1) is 11.6 Å². The van der Waals surface area contributed by atoms with Gasteiger partial charge >= 0.3 is 0 Å². The predicted octanol–water partition coefficient (Wildman–Crippen LogP) is 5.14. The molecule has 5 heteroatoms. The van der Waals surface area contributed by atoms with Crippen LogP contribution in [-0.4, -0.2) is 27.7 Å². The van der Waals surface area contributed by atoms with E-state index in [2.05, 4.69) is 0 Å². The number of ketones is 1. The molecule has 156 valence electrons. The molecule has 1 saturated carbocycles. The second kappa shape index (κ2) is 8.42. The van der Waals surface area contributed by atoms with E-state index in [4.69, 9.17) is 0 Å². The normalized spacial score (nSPS) is 21.9. The smallest absolute Gasteiger partial charge is 0.295 e. The number of nitrogens with zero attached hydrogens (tertiary/aromatic N) is 1. The average Bonchev–Trinajstić information content (AvgIpc) is 3.05. The molecule has 2 fully saturated rings. The molecule has 1 saturated heterocycles. The molecular formula is C25H26FNO3. The third-order valence-electron chi connectivity index (χ3n) is 6.27. The molecular weight excluding hydrogens is 381 g/mol. The van der Waals surface area contributed by atoms with Crippen molar-refractivity contribution in [2.24, 2.45) is 0 Å². The van der Waals surface area contributed by atoms with Gasteiger partial charge in [-0.3, -0.25) is 9.59 Å². The van der Waals surface area contributed by atoms with E-state index in [0.29, 0.717) is 11.1 Å². The molecule has 1 unspecified atom stereocenters. The van der Waals surface area contributed by atoms with Gasteiger partial charge in [-0.15, -0.1) is 0 Å². The van der Waals surface area contributed by atoms with Gasteiger partial charge in [0.1, 0.15) is 11.6 Å². The van der Waals surface area contributed by atoms with E-state index in [1.54, 1.807) is 29.2 Å². The molecule has 1 aliphatic heterocycles. The molecule has 30 heavy (non-hydrogen) atoms. The second-order valence-electron chi connectivity index (χ2n) is 8.10. The summed E-state index contributed by atoms with van der Waals surface area (Å²) >= 11 is 0. The van der Waals surface area contributed by atoms with Crippen molar-refractivity contribution in [1.82, 2.24) is 4.90 Å². The quantitative estimate of drug-likeness (QED) is 0.434. The zero-order chi connectivity index (χ0) is 21.3. The number of Topliss-reactive ketones (excluding diaryl/α,β-unsaturated/α-hetero) is 1. The molecule has 1 heterocycles. The average molecular weight is 407 g/mol. The van der Waals surface area contributed by atoms with Crippen LogP contribution in [0.3, 0.4) is 0 Å². The summed E-state index contributed by atoms with van der Waals surface area (Å²) in [5, 5.41) is 11.1. The number of rotatable bonds is 4. The molecule has 2 aliphatic rings. The highest BCUT2D eigenvalue weighted by molar-refractivity contribution is 6.46. The Hall–Kier alpha value is -2.95. The fraction of sp³-hybridized carbons (Fsp3) is 0.360.